The van der Waals surface area contributed by atoms with Crippen LogP contribution in [0.25, 0.3) is 54.2 Å². The van der Waals surface area contributed by atoms with Crippen molar-refractivity contribution in [3.05, 3.63) is 145 Å². The van der Waals surface area contributed by atoms with Crippen LogP contribution >= 0.6 is 0 Å². The summed E-state index contributed by atoms with van der Waals surface area (Å²) in [4.78, 5) is 0. The minimum absolute atomic E-state index is 0. The number of benzene rings is 4. The van der Waals surface area contributed by atoms with E-state index in [1.807, 2.05) is 0 Å². The molecule has 6 aromatic rings. The zero-order chi connectivity index (χ0) is 31.1. The van der Waals surface area contributed by atoms with Crippen molar-refractivity contribution in [1.29, 1.82) is 0 Å². The van der Waals surface area contributed by atoms with Gasteiger partial charge in [0, 0.05) is 0 Å². The second-order valence-electron chi connectivity index (χ2n) is 11.6. The van der Waals surface area contributed by atoms with E-state index >= 15 is 0 Å². The van der Waals surface area contributed by atoms with E-state index in [2.05, 4.69) is 201 Å². The third-order valence-electron chi connectivity index (χ3n) is 7.55. The summed E-state index contributed by atoms with van der Waals surface area (Å²) in [6, 6.07) is 35.2. The van der Waals surface area contributed by atoms with E-state index < -0.39 is 0 Å². The Balaban J connectivity index is 0.000000197. The summed E-state index contributed by atoms with van der Waals surface area (Å²) in [5.74, 6) is 0. The molecule has 0 saturated carbocycles. The topological polar surface area (TPSA) is 0 Å². The van der Waals surface area contributed by atoms with Gasteiger partial charge in [-0.2, -0.15) is 0 Å². The fraction of sp³-hybridized carbons (Fsp3) is 0.143. The van der Waals surface area contributed by atoms with Gasteiger partial charge in [-0.3, -0.25) is 0 Å². The van der Waals surface area contributed by atoms with Gasteiger partial charge >= 0.3 is 75.3 Å². The van der Waals surface area contributed by atoms with Crippen LogP contribution in [0.5, 0.6) is 0 Å². The van der Waals surface area contributed by atoms with Gasteiger partial charge in [0.1, 0.15) is 0 Å². The average Bonchev–Trinajstić information content (AvgIpc) is 3.82. The molecule has 2 aliphatic rings. The Morgan fingerprint density at radius 2 is 0.848 bits per heavy atom. The molecule has 0 unspecified atom stereocenters. The Labute approximate surface area is 309 Å². The number of allylic oxidation sites excluding steroid dienone is 8. The minimum Gasteiger partial charge on any atom is -1.00 e. The third kappa shape index (κ3) is 9.23. The van der Waals surface area contributed by atoms with Crippen LogP contribution in [-0.2, 0) is 39.9 Å². The number of fused-ring (bicyclic) bond motifs is 6. The number of halogens is 2. The molecule has 230 valence electrons. The van der Waals surface area contributed by atoms with Gasteiger partial charge in [-0.15, -0.1) is 67.4 Å². The van der Waals surface area contributed by atoms with Crippen LogP contribution in [0.3, 0.4) is 0 Å². The van der Waals surface area contributed by atoms with E-state index in [1.165, 1.54) is 73.0 Å². The van der Waals surface area contributed by atoms with E-state index in [1.54, 1.807) is 0 Å². The Hall–Kier alpha value is -2.67. The molecule has 0 aliphatic heterocycles. The molecule has 0 heterocycles. The molecule has 0 bridgehead atoms. The molecule has 2 aliphatic carbocycles. The van der Waals surface area contributed by atoms with Crippen LogP contribution in [-0.4, -0.2) is 7.62 Å². The summed E-state index contributed by atoms with van der Waals surface area (Å²) in [5.41, 5.74) is 5.62. The molecule has 0 nitrogen and oxygen atoms in total. The molecule has 0 spiro atoms. The van der Waals surface area contributed by atoms with Gasteiger partial charge in [-0.05, 0) is 12.8 Å². The van der Waals surface area contributed by atoms with Gasteiger partial charge in [0.05, 0.1) is 0 Å². The first-order chi connectivity index (χ1) is 21.3. The van der Waals surface area contributed by atoms with Gasteiger partial charge < -0.3 is 24.8 Å². The molecule has 6 aromatic carbocycles. The van der Waals surface area contributed by atoms with E-state index in [9.17, 15) is 0 Å². The first-order valence-electron chi connectivity index (χ1n) is 15.2. The molecule has 46 heavy (non-hydrogen) atoms. The number of hydrogen-bond donors (Lipinski definition) is 0. The Kier molecular flexibility index (Phi) is 14.8. The molecular formula is C42H38Cl2Ti2-2. The Morgan fingerprint density at radius 1 is 0.500 bits per heavy atom. The predicted octanol–water partition coefficient (Wildman–Crippen LogP) is 5.61. The number of hydrogen-bond acceptors (Lipinski definition) is 0. The van der Waals surface area contributed by atoms with Gasteiger partial charge in [0.2, 0.25) is 0 Å². The maximum Gasteiger partial charge on any atom is -1.00 e. The zero-order valence-corrected chi connectivity index (χ0v) is 31.5. The molecule has 0 aromatic heterocycles. The maximum atomic E-state index is 2.32. The monoisotopic (exact) mass is 708 g/mol. The molecule has 0 fully saturated rings. The van der Waals surface area contributed by atoms with Crippen LogP contribution in [0.1, 0.15) is 51.7 Å². The van der Waals surface area contributed by atoms with Gasteiger partial charge in [0.15, 0.2) is 0 Å². The predicted molar refractivity (Wildman–Crippen MR) is 190 cm³/mol. The van der Waals surface area contributed by atoms with Gasteiger partial charge in [0.25, 0.3) is 0 Å². The van der Waals surface area contributed by atoms with E-state index in [0.717, 1.165) is 12.8 Å². The van der Waals surface area contributed by atoms with Crippen LogP contribution < -0.4 is 24.8 Å². The van der Waals surface area contributed by atoms with Crippen LogP contribution in [0.15, 0.2) is 134 Å². The minimum atomic E-state index is 0. The molecule has 4 heteroatoms. The molecule has 0 saturated heterocycles. The molecule has 0 N–H and O–H groups in total. The summed E-state index contributed by atoms with van der Waals surface area (Å²) in [6.45, 7) is 8.33. The molecule has 0 radical (unpaired) electrons. The summed E-state index contributed by atoms with van der Waals surface area (Å²) in [7, 11) is 0. The van der Waals surface area contributed by atoms with E-state index in [-0.39, 0.29) is 24.8 Å². The van der Waals surface area contributed by atoms with Gasteiger partial charge in [-0.25, -0.2) is 0 Å². The number of rotatable bonds is 2. The maximum absolute atomic E-state index is 2.32. The van der Waals surface area contributed by atoms with Crippen molar-refractivity contribution in [2.45, 2.75) is 40.5 Å². The van der Waals surface area contributed by atoms with Crippen LogP contribution in [0.2, 0.25) is 0 Å². The van der Waals surface area contributed by atoms with E-state index in [4.69, 9.17) is 0 Å². The smallest absolute Gasteiger partial charge is 1.00 e. The SMILES string of the molecule is C1=CCC(c2cccc3c2[cH-]c2ccccc23)=C1.C1=CCC(c2cccc3c2[cH-]c2ccccc23)=C1.C[C](C)=[Ti+].C[C](C)=[Ti+].[Cl-].[Cl-]. The molecule has 8 rings (SSSR count). The van der Waals surface area contributed by atoms with Crippen LogP contribution in [0, 0.1) is 0 Å². The summed E-state index contributed by atoms with van der Waals surface area (Å²) < 4.78 is 2.83. The zero-order valence-electron chi connectivity index (χ0n) is 26.9. The normalized spacial score (nSPS) is 12.6. The quantitative estimate of drug-likeness (QED) is 0.162. The van der Waals surface area contributed by atoms with Crippen molar-refractivity contribution in [2.75, 3.05) is 0 Å². The largest absolute Gasteiger partial charge is 1.00 e. The Bertz CT molecular complexity index is 1940. The van der Waals surface area contributed by atoms with Crippen molar-refractivity contribution in [1.82, 2.24) is 0 Å². The first-order valence-corrected chi connectivity index (χ1v) is 16.8. The van der Waals surface area contributed by atoms with Crippen molar-refractivity contribution in [3.8, 4) is 0 Å². The average molecular weight is 709 g/mol. The van der Waals surface area contributed by atoms with E-state index in [0.29, 0.717) is 0 Å². The fourth-order valence-electron chi connectivity index (χ4n) is 5.81. The van der Waals surface area contributed by atoms with Crippen molar-refractivity contribution in [3.63, 3.8) is 0 Å². The Morgan fingerprint density at radius 3 is 1.20 bits per heavy atom. The fourth-order valence-corrected chi connectivity index (χ4v) is 5.81. The summed E-state index contributed by atoms with van der Waals surface area (Å²) >= 11 is 4.17. The van der Waals surface area contributed by atoms with Crippen LogP contribution in [0.4, 0.5) is 0 Å². The second kappa shape index (κ2) is 18.0. The standard InChI is InChI=1S/2C18H13.2C3H6.2ClH.2Ti/c2*1-2-7-13(6-1)15-10-5-11-17-16-9-4-3-8-14(16)12-18(15)17;2*1-3-2;;;;/h2*1-6,8-12H,7H2;2*1-2H3;2*1H;;/q2*-1;;;;;2*+1/p-2. The second-order valence-corrected chi connectivity index (χ2v) is 14.8. The summed E-state index contributed by atoms with van der Waals surface area (Å²) in [6.07, 6.45) is 15.3. The molecule has 0 atom stereocenters. The first kappa shape index (κ1) is 37.8. The molecular weight excluding hydrogens is 671 g/mol. The van der Waals surface area contributed by atoms with Crippen molar-refractivity contribution in [2.24, 2.45) is 0 Å². The summed E-state index contributed by atoms with van der Waals surface area (Å²) in [5, 5.41) is 10.9. The van der Waals surface area contributed by atoms with Gasteiger partial charge in [-0.1, -0.05) is 132 Å². The van der Waals surface area contributed by atoms with Crippen molar-refractivity contribution >= 4 is 61.9 Å². The third-order valence-corrected chi connectivity index (χ3v) is 7.55. The molecule has 0 amide bonds. The van der Waals surface area contributed by atoms with Crippen molar-refractivity contribution < 1.29 is 64.8 Å².